The van der Waals surface area contributed by atoms with Crippen LogP contribution in [0.5, 0.6) is 0 Å². The Balaban J connectivity index is 0.948. The van der Waals surface area contributed by atoms with Crippen LogP contribution >= 0.6 is 11.3 Å². The summed E-state index contributed by atoms with van der Waals surface area (Å²) in [5.41, 5.74) is 6.63. The topological polar surface area (TPSA) is 145 Å². The van der Waals surface area contributed by atoms with Crippen LogP contribution in [0.25, 0.3) is 21.3 Å². The van der Waals surface area contributed by atoms with Crippen molar-refractivity contribution in [2.45, 2.75) is 111 Å². The second-order valence-corrected chi connectivity index (χ2v) is 20.6. The van der Waals surface area contributed by atoms with E-state index in [0.717, 1.165) is 83.1 Å². The van der Waals surface area contributed by atoms with Gasteiger partial charge in [-0.2, -0.15) is 5.10 Å². The van der Waals surface area contributed by atoms with E-state index in [1.165, 1.54) is 51.4 Å². The number of carboxylic acids is 1. The van der Waals surface area contributed by atoms with E-state index in [1.807, 2.05) is 41.4 Å². The van der Waals surface area contributed by atoms with Gasteiger partial charge in [0.15, 0.2) is 22.5 Å². The zero-order valence-electron chi connectivity index (χ0n) is 35.4. The van der Waals surface area contributed by atoms with Crippen molar-refractivity contribution in [3.05, 3.63) is 65.1 Å². The van der Waals surface area contributed by atoms with Gasteiger partial charge in [-0.15, -0.1) is 10.2 Å². The van der Waals surface area contributed by atoms with Crippen LogP contribution in [0.4, 0.5) is 22.6 Å². The molecule has 5 aliphatic rings. The Hall–Kier alpha value is -4.46. The Morgan fingerprint density at radius 1 is 0.915 bits per heavy atom. The van der Waals surface area contributed by atoms with Gasteiger partial charge in [0, 0.05) is 47.6 Å². The molecule has 5 heterocycles. The summed E-state index contributed by atoms with van der Waals surface area (Å²) in [5, 5.41) is 38.3. The molecule has 10 rings (SSSR count). The van der Waals surface area contributed by atoms with Gasteiger partial charge in [0.25, 0.3) is 0 Å². The van der Waals surface area contributed by atoms with E-state index in [9.17, 15) is 15.0 Å². The van der Waals surface area contributed by atoms with Gasteiger partial charge in [-0.1, -0.05) is 37.3 Å². The monoisotopic (exact) mass is 817 g/mol. The average Bonchev–Trinajstić information content (AvgIpc) is 3.75. The largest absolute Gasteiger partial charge is 0.476 e. The van der Waals surface area contributed by atoms with Crippen molar-refractivity contribution < 1.29 is 15.0 Å². The first-order valence-electron chi connectivity index (χ1n) is 21.6. The second-order valence-electron chi connectivity index (χ2n) is 19.5. The summed E-state index contributed by atoms with van der Waals surface area (Å²) in [5.74, 6) is 0.874. The molecule has 59 heavy (non-hydrogen) atoms. The molecule has 0 saturated heterocycles. The third-order valence-corrected chi connectivity index (χ3v) is 15.1. The number of aromatic nitrogens is 6. The summed E-state index contributed by atoms with van der Waals surface area (Å²) in [6, 6.07) is 11.9. The number of pyridine rings is 1. The molecular weight excluding hydrogens is 759 g/mol. The fourth-order valence-corrected chi connectivity index (χ4v) is 13.9. The zero-order valence-corrected chi connectivity index (χ0v) is 36.2. The Morgan fingerprint density at radius 3 is 2.44 bits per heavy atom. The predicted molar refractivity (Wildman–Crippen MR) is 234 cm³/mol. The summed E-state index contributed by atoms with van der Waals surface area (Å²) < 4.78 is 3.28. The Morgan fingerprint density at radius 2 is 1.68 bits per heavy atom. The summed E-state index contributed by atoms with van der Waals surface area (Å²) >= 11 is 1.58. The minimum absolute atomic E-state index is 0.0196. The minimum Gasteiger partial charge on any atom is -0.476 e. The first-order chi connectivity index (χ1) is 28.3. The smallest absolute Gasteiger partial charge is 0.355 e. The number of hydrogen-bond donors (Lipinski definition) is 3. The third kappa shape index (κ3) is 7.63. The number of aromatic carboxylic acids is 1. The van der Waals surface area contributed by atoms with E-state index in [0.29, 0.717) is 45.8 Å². The molecule has 312 valence electrons. The van der Waals surface area contributed by atoms with Gasteiger partial charge in [-0.05, 0) is 157 Å². The first kappa shape index (κ1) is 40.0. The summed E-state index contributed by atoms with van der Waals surface area (Å²) in [4.78, 5) is 27.0. The highest BCUT2D eigenvalue weighted by Crippen LogP contribution is 2.75. The fraction of sp³-hybridized carbons (Fsp3) is 0.565. The van der Waals surface area contributed by atoms with E-state index >= 15 is 0 Å². The maximum absolute atomic E-state index is 13.0. The molecule has 13 heteroatoms. The molecule has 1 aliphatic heterocycles. The quantitative estimate of drug-likeness (QED) is 0.0869. The van der Waals surface area contributed by atoms with E-state index in [2.05, 4.69) is 65.9 Å². The number of thiazole rings is 1. The number of rotatable bonds is 15. The van der Waals surface area contributed by atoms with Gasteiger partial charge in [0.05, 0.1) is 16.4 Å². The highest BCUT2D eigenvalue weighted by molar-refractivity contribution is 7.22. The Kier molecular flexibility index (Phi) is 10.3. The number of aliphatic hydroxyl groups excluding tert-OH is 1. The van der Waals surface area contributed by atoms with Gasteiger partial charge in [-0.25, -0.2) is 14.8 Å². The number of nitrogens with zero attached hydrogens (tertiary/aromatic N) is 8. The number of carbonyl (C=O) groups is 1. The van der Waals surface area contributed by atoms with Crippen LogP contribution in [0.15, 0.2) is 42.6 Å². The number of fused-ring (bicyclic) bond motifs is 2. The van der Waals surface area contributed by atoms with Crippen LogP contribution in [-0.2, 0) is 13.0 Å². The van der Waals surface area contributed by atoms with Crippen LogP contribution in [0.2, 0.25) is 0 Å². The summed E-state index contributed by atoms with van der Waals surface area (Å²) in [6.45, 7) is 13.2. The highest BCUT2D eigenvalue weighted by atomic mass is 32.1. The molecule has 0 amide bonds. The predicted octanol–water partition coefficient (Wildman–Crippen LogP) is 9.34. The highest BCUT2D eigenvalue weighted by Gasteiger charge is 2.65. The molecule has 3 N–H and O–H groups in total. The zero-order chi connectivity index (χ0) is 41.2. The third-order valence-electron chi connectivity index (χ3n) is 14.1. The van der Waals surface area contributed by atoms with Gasteiger partial charge in [0.1, 0.15) is 5.82 Å². The molecule has 4 bridgehead atoms. The van der Waals surface area contributed by atoms with E-state index in [1.54, 1.807) is 11.3 Å². The molecule has 2 unspecified atom stereocenters. The van der Waals surface area contributed by atoms with E-state index < -0.39 is 5.97 Å². The van der Waals surface area contributed by atoms with Crippen LogP contribution in [-0.4, -0.2) is 84.3 Å². The van der Waals surface area contributed by atoms with Gasteiger partial charge < -0.3 is 25.3 Å². The number of benzene rings is 1. The van der Waals surface area contributed by atoms with Crippen molar-refractivity contribution in [3.63, 3.8) is 0 Å². The van der Waals surface area contributed by atoms with Gasteiger partial charge >= 0.3 is 5.97 Å². The normalized spacial score (nSPS) is 25.9. The Labute approximate surface area is 351 Å². The molecular formula is C46H59N9O3S. The van der Waals surface area contributed by atoms with Crippen molar-refractivity contribution in [3.8, 4) is 11.1 Å². The van der Waals surface area contributed by atoms with Crippen LogP contribution in [0, 0.1) is 35.5 Å². The van der Waals surface area contributed by atoms with Crippen molar-refractivity contribution in [1.29, 1.82) is 0 Å². The van der Waals surface area contributed by atoms with E-state index in [4.69, 9.17) is 15.1 Å². The minimum atomic E-state index is -1.06. The lowest BCUT2D eigenvalue weighted by atomic mass is 9.35. The van der Waals surface area contributed by atoms with Crippen molar-refractivity contribution in [1.82, 2.24) is 34.8 Å². The number of nitrogens with one attached hydrogen (secondary N) is 1. The number of para-hydroxylation sites is 1. The molecule has 4 aliphatic carbocycles. The van der Waals surface area contributed by atoms with Crippen molar-refractivity contribution in [2.75, 3.05) is 43.5 Å². The molecule has 1 aromatic carbocycles. The molecule has 0 radical (unpaired) electrons. The van der Waals surface area contributed by atoms with Gasteiger partial charge in [0.2, 0.25) is 0 Å². The molecule has 12 nitrogen and oxygen atoms in total. The number of hydrogen-bond acceptors (Lipinski definition) is 11. The molecule has 5 aromatic rings. The number of aliphatic hydroxyl groups is 1. The first-order valence-corrected chi connectivity index (χ1v) is 22.4. The molecule has 4 saturated carbocycles. The van der Waals surface area contributed by atoms with E-state index in [-0.39, 0.29) is 17.7 Å². The van der Waals surface area contributed by atoms with Crippen molar-refractivity contribution >= 4 is 50.1 Å². The SMILES string of the molecule is Cc1c(Nc2nc3ccccc3s2)nnc2c1CCCN2c1ccc(-c2cnn(CC34CC5(C)CC(C)(CC(CCCN(C)CCCCO)(C5)C3)C4)c2C)c(C(=O)O)n1. The van der Waals surface area contributed by atoms with Crippen LogP contribution < -0.4 is 10.2 Å². The molecule has 0 spiro atoms. The number of unbranched alkanes of at least 4 members (excludes halogenated alkanes) is 1. The lowest BCUT2D eigenvalue weighted by Gasteiger charge is -2.70. The maximum Gasteiger partial charge on any atom is 0.355 e. The van der Waals surface area contributed by atoms with Crippen LogP contribution in [0.1, 0.15) is 112 Å². The second kappa shape index (κ2) is 15.2. The maximum atomic E-state index is 13.0. The fourth-order valence-electron chi connectivity index (χ4n) is 13.1. The summed E-state index contributed by atoms with van der Waals surface area (Å²) in [7, 11) is 2.22. The van der Waals surface area contributed by atoms with Gasteiger partial charge in [-0.3, -0.25) is 4.68 Å². The lowest BCUT2D eigenvalue weighted by Crippen LogP contribution is -2.60. The molecule has 4 fully saturated rings. The average molecular weight is 818 g/mol. The molecule has 4 aromatic heterocycles. The Bertz CT molecular complexity index is 2340. The number of anilines is 4. The van der Waals surface area contributed by atoms with Crippen LogP contribution in [0.3, 0.4) is 0 Å². The lowest BCUT2D eigenvalue weighted by molar-refractivity contribution is -0.198. The number of carboxylic acid groups (broad SMARTS) is 1. The van der Waals surface area contributed by atoms with Crippen molar-refractivity contribution in [2.24, 2.45) is 21.7 Å². The molecule has 2 atom stereocenters. The summed E-state index contributed by atoms with van der Waals surface area (Å²) in [6.07, 6.45) is 15.6. The standard InChI is InChI=1S/C46H59N9O3S/c1-30-32-12-10-20-54(40(32)52-51-39(30)50-42-48-35-13-6-7-14-36(35)59-42)37-16-15-33(38(49-37)41(57)58)34-22-47-55(31(34)2)29-46-26-43(3)23-44(4,27-46)25-45(24-43,28-46)17-11-19-53(5)18-8-9-21-56/h6-7,13-16,22,56H,8-12,17-21,23-29H2,1-5H3,(H,57,58)(H,48,50,51).